The van der Waals surface area contributed by atoms with Crippen molar-refractivity contribution < 1.29 is 0 Å². The highest BCUT2D eigenvalue weighted by atomic mass is 35.5. The number of nitrogens with zero attached hydrogens (tertiary/aromatic N) is 1. The first-order valence-electron chi connectivity index (χ1n) is 6.15. The summed E-state index contributed by atoms with van der Waals surface area (Å²) in [7, 11) is 0. The normalized spacial score (nSPS) is 24.1. The average molecular weight is 237 g/mol. The largest absolute Gasteiger partial charge is 0.381 e. The molecule has 0 amide bonds. The zero-order chi connectivity index (χ0) is 11.0. The summed E-state index contributed by atoms with van der Waals surface area (Å²) < 4.78 is 0. The molecule has 3 rings (SSSR count). The molecule has 1 aromatic rings. The molecular formula is C13H17ClN2. The highest BCUT2D eigenvalue weighted by Crippen LogP contribution is 2.39. The van der Waals surface area contributed by atoms with Crippen LogP contribution in [0.15, 0.2) is 18.2 Å². The van der Waals surface area contributed by atoms with Crippen molar-refractivity contribution in [2.75, 3.05) is 23.3 Å². The van der Waals surface area contributed by atoms with Crippen molar-refractivity contribution in [2.45, 2.75) is 31.7 Å². The molecule has 1 saturated heterocycles. The molecule has 2 heterocycles. The minimum absolute atomic E-state index is 0.634. The summed E-state index contributed by atoms with van der Waals surface area (Å²) in [5.74, 6) is 0. The van der Waals surface area contributed by atoms with Crippen LogP contribution in [0.5, 0.6) is 0 Å². The van der Waals surface area contributed by atoms with Gasteiger partial charge in [-0.25, -0.2) is 0 Å². The van der Waals surface area contributed by atoms with E-state index in [2.05, 4.69) is 16.3 Å². The summed E-state index contributed by atoms with van der Waals surface area (Å²) in [6.45, 7) is 2.22. The molecule has 2 aliphatic heterocycles. The number of benzene rings is 1. The van der Waals surface area contributed by atoms with Gasteiger partial charge >= 0.3 is 0 Å². The Hall–Kier alpha value is -0.890. The predicted molar refractivity (Wildman–Crippen MR) is 69.5 cm³/mol. The van der Waals surface area contributed by atoms with Gasteiger partial charge in [0.1, 0.15) is 0 Å². The Morgan fingerprint density at radius 2 is 2.19 bits per heavy atom. The first-order valence-corrected chi connectivity index (χ1v) is 6.53. The zero-order valence-electron chi connectivity index (χ0n) is 9.38. The fourth-order valence-electron chi connectivity index (χ4n) is 2.86. The molecular weight excluding hydrogens is 220 g/mol. The maximum Gasteiger partial charge on any atom is 0.0794 e. The lowest BCUT2D eigenvalue weighted by atomic mass is 10.1. The molecule has 0 bridgehead atoms. The SMILES string of the molecule is Clc1cccc2c1N1CCCCCC1CN2. The summed E-state index contributed by atoms with van der Waals surface area (Å²) in [6, 6.07) is 6.78. The number of halogens is 1. The van der Waals surface area contributed by atoms with Gasteiger partial charge in [-0.05, 0) is 25.0 Å². The van der Waals surface area contributed by atoms with Crippen LogP contribution in [0.2, 0.25) is 5.02 Å². The molecule has 1 N–H and O–H groups in total. The van der Waals surface area contributed by atoms with Gasteiger partial charge in [0.25, 0.3) is 0 Å². The molecule has 86 valence electrons. The second-order valence-corrected chi connectivity index (χ2v) is 5.12. The van der Waals surface area contributed by atoms with Crippen molar-refractivity contribution in [1.29, 1.82) is 0 Å². The van der Waals surface area contributed by atoms with Crippen LogP contribution >= 0.6 is 11.6 Å². The lowest BCUT2D eigenvalue weighted by Crippen LogP contribution is -2.43. The van der Waals surface area contributed by atoms with E-state index in [1.165, 1.54) is 37.1 Å². The van der Waals surface area contributed by atoms with Gasteiger partial charge < -0.3 is 10.2 Å². The van der Waals surface area contributed by atoms with E-state index < -0.39 is 0 Å². The van der Waals surface area contributed by atoms with Crippen molar-refractivity contribution in [3.63, 3.8) is 0 Å². The smallest absolute Gasteiger partial charge is 0.0794 e. The Balaban J connectivity index is 2.02. The van der Waals surface area contributed by atoms with Crippen LogP contribution in [0.25, 0.3) is 0 Å². The Labute approximate surface area is 102 Å². The summed E-state index contributed by atoms with van der Waals surface area (Å²) >= 11 is 6.33. The summed E-state index contributed by atoms with van der Waals surface area (Å²) in [6.07, 6.45) is 5.29. The Morgan fingerprint density at radius 1 is 1.25 bits per heavy atom. The van der Waals surface area contributed by atoms with Crippen LogP contribution < -0.4 is 10.2 Å². The van der Waals surface area contributed by atoms with Crippen molar-refractivity contribution in [2.24, 2.45) is 0 Å². The fraction of sp³-hybridized carbons (Fsp3) is 0.538. The van der Waals surface area contributed by atoms with Gasteiger partial charge in [0.05, 0.1) is 16.4 Å². The Bertz CT molecular complexity index is 392. The van der Waals surface area contributed by atoms with Gasteiger partial charge in [-0.2, -0.15) is 0 Å². The topological polar surface area (TPSA) is 15.3 Å². The highest BCUT2D eigenvalue weighted by molar-refractivity contribution is 6.34. The third kappa shape index (κ3) is 1.65. The molecule has 1 unspecified atom stereocenters. The van der Waals surface area contributed by atoms with E-state index in [0.717, 1.165) is 18.1 Å². The molecule has 0 spiro atoms. The Kier molecular flexibility index (Phi) is 2.68. The van der Waals surface area contributed by atoms with E-state index in [0.29, 0.717) is 6.04 Å². The van der Waals surface area contributed by atoms with Gasteiger partial charge in [0.2, 0.25) is 0 Å². The minimum atomic E-state index is 0.634. The lowest BCUT2D eigenvalue weighted by molar-refractivity contribution is 0.583. The molecule has 16 heavy (non-hydrogen) atoms. The van der Waals surface area contributed by atoms with E-state index in [1.807, 2.05) is 12.1 Å². The van der Waals surface area contributed by atoms with Crippen molar-refractivity contribution in [1.82, 2.24) is 0 Å². The van der Waals surface area contributed by atoms with Gasteiger partial charge in [0.15, 0.2) is 0 Å². The number of anilines is 2. The molecule has 3 heteroatoms. The molecule has 0 aliphatic carbocycles. The van der Waals surface area contributed by atoms with Crippen LogP contribution in [-0.2, 0) is 0 Å². The van der Waals surface area contributed by atoms with Gasteiger partial charge in [-0.3, -0.25) is 0 Å². The lowest BCUT2D eigenvalue weighted by Gasteiger charge is -2.39. The van der Waals surface area contributed by atoms with Crippen LogP contribution in [0.1, 0.15) is 25.7 Å². The van der Waals surface area contributed by atoms with Gasteiger partial charge in [-0.15, -0.1) is 0 Å². The summed E-state index contributed by atoms with van der Waals surface area (Å²) in [5, 5.41) is 4.39. The monoisotopic (exact) mass is 236 g/mol. The summed E-state index contributed by atoms with van der Waals surface area (Å²) in [5.41, 5.74) is 2.42. The maximum atomic E-state index is 6.33. The third-order valence-electron chi connectivity index (χ3n) is 3.68. The zero-order valence-corrected chi connectivity index (χ0v) is 10.1. The van der Waals surface area contributed by atoms with Crippen LogP contribution in [0.4, 0.5) is 11.4 Å². The number of para-hydroxylation sites is 1. The standard InChI is InChI=1S/C13H17ClN2/c14-11-6-4-7-12-13(11)16-8-3-1-2-5-10(16)9-15-12/h4,6-7,10,15H,1-3,5,8-9H2. The third-order valence-corrected chi connectivity index (χ3v) is 3.98. The number of fused-ring (bicyclic) bond motifs is 3. The first kappa shape index (κ1) is 10.3. The van der Waals surface area contributed by atoms with E-state index >= 15 is 0 Å². The van der Waals surface area contributed by atoms with Crippen LogP contribution in [-0.4, -0.2) is 19.1 Å². The summed E-state index contributed by atoms with van der Waals surface area (Å²) in [4.78, 5) is 2.52. The number of nitrogens with one attached hydrogen (secondary N) is 1. The van der Waals surface area contributed by atoms with Gasteiger partial charge in [-0.1, -0.05) is 30.5 Å². The second kappa shape index (κ2) is 4.17. The van der Waals surface area contributed by atoms with E-state index in [1.54, 1.807) is 0 Å². The highest BCUT2D eigenvalue weighted by Gasteiger charge is 2.28. The van der Waals surface area contributed by atoms with Crippen molar-refractivity contribution in [3.8, 4) is 0 Å². The number of hydrogen-bond acceptors (Lipinski definition) is 2. The fourth-order valence-corrected chi connectivity index (χ4v) is 3.14. The first-order chi connectivity index (χ1) is 7.86. The molecule has 2 nitrogen and oxygen atoms in total. The van der Waals surface area contributed by atoms with Gasteiger partial charge in [0, 0.05) is 19.1 Å². The predicted octanol–water partition coefficient (Wildman–Crippen LogP) is 3.51. The van der Waals surface area contributed by atoms with E-state index in [9.17, 15) is 0 Å². The molecule has 1 aromatic carbocycles. The van der Waals surface area contributed by atoms with Crippen molar-refractivity contribution in [3.05, 3.63) is 23.2 Å². The quantitative estimate of drug-likeness (QED) is 0.742. The molecule has 1 atom stereocenters. The average Bonchev–Trinajstić information content (AvgIpc) is 2.54. The molecule has 1 fully saturated rings. The molecule has 0 saturated carbocycles. The van der Waals surface area contributed by atoms with E-state index in [-0.39, 0.29) is 0 Å². The van der Waals surface area contributed by atoms with Crippen molar-refractivity contribution >= 4 is 23.0 Å². The van der Waals surface area contributed by atoms with Crippen LogP contribution in [0.3, 0.4) is 0 Å². The molecule has 0 radical (unpaired) electrons. The molecule has 2 aliphatic rings. The van der Waals surface area contributed by atoms with Crippen LogP contribution in [0, 0.1) is 0 Å². The number of hydrogen-bond donors (Lipinski definition) is 1. The van der Waals surface area contributed by atoms with E-state index in [4.69, 9.17) is 11.6 Å². The minimum Gasteiger partial charge on any atom is -0.381 e. The maximum absolute atomic E-state index is 6.33. The number of rotatable bonds is 0. The second-order valence-electron chi connectivity index (χ2n) is 4.71. The Morgan fingerprint density at radius 3 is 3.12 bits per heavy atom. The molecule has 0 aromatic heterocycles.